The second-order valence-electron chi connectivity index (χ2n) is 9.62. The van der Waals surface area contributed by atoms with E-state index in [0.29, 0.717) is 25.3 Å². The highest BCUT2D eigenvalue weighted by molar-refractivity contribution is 7.18. The largest absolute Gasteiger partial charge is 0.353 e. The monoisotopic (exact) mass is 520 g/mol. The van der Waals surface area contributed by atoms with E-state index < -0.39 is 6.04 Å². The summed E-state index contributed by atoms with van der Waals surface area (Å²) in [6, 6.07) is 5.31. The van der Waals surface area contributed by atoms with Gasteiger partial charge < -0.3 is 16.0 Å². The third kappa shape index (κ3) is 7.90. The van der Waals surface area contributed by atoms with Crippen molar-refractivity contribution in [3.63, 3.8) is 0 Å². The molecule has 9 heteroatoms. The van der Waals surface area contributed by atoms with Crippen molar-refractivity contribution in [2.75, 3.05) is 12.4 Å². The Morgan fingerprint density at radius 1 is 1.11 bits per heavy atom. The maximum absolute atomic E-state index is 13.4. The molecule has 3 amide bonds. The van der Waals surface area contributed by atoms with Crippen molar-refractivity contribution >= 4 is 50.9 Å². The fraction of sp³-hybridized carbons (Fsp3) is 0.615. The predicted molar refractivity (Wildman–Crippen MR) is 142 cm³/mol. The molecule has 1 aliphatic rings. The third-order valence-corrected chi connectivity index (χ3v) is 7.95. The molecule has 0 aliphatic heterocycles. The molecule has 1 aliphatic carbocycles. The molecule has 2 atom stereocenters. The molecule has 192 valence electrons. The molecule has 35 heavy (non-hydrogen) atoms. The molecule has 3 N–H and O–H groups in total. The van der Waals surface area contributed by atoms with Gasteiger partial charge in [0.1, 0.15) is 11.9 Å². The zero-order chi connectivity index (χ0) is 25.4. The molecule has 1 heterocycles. The van der Waals surface area contributed by atoms with Crippen LogP contribution in [-0.4, -0.2) is 47.2 Å². The molecule has 0 bridgehead atoms. The second-order valence-corrected chi connectivity index (χ2v) is 11.0. The Hall–Kier alpha value is -2.19. The number of carbonyl (C=O) groups excluding carboxylic acids is 3. The van der Waals surface area contributed by atoms with Gasteiger partial charge in [0.25, 0.3) is 0 Å². The van der Waals surface area contributed by atoms with Crippen LogP contribution in [0.5, 0.6) is 0 Å². The Morgan fingerprint density at radius 3 is 2.51 bits per heavy atom. The van der Waals surface area contributed by atoms with E-state index in [9.17, 15) is 14.4 Å². The Labute approximate surface area is 216 Å². The lowest BCUT2D eigenvalue weighted by Gasteiger charge is -2.32. The van der Waals surface area contributed by atoms with Gasteiger partial charge in [0.15, 0.2) is 0 Å². The Kier molecular flexibility index (Phi) is 10.3. The van der Waals surface area contributed by atoms with Gasteiger partial charge in [-0.2, -0.15) is 0 Å². The van der Waals surface area contributed by atoms with Crippen molar-refractivity contribution in [2.24, 2.45) is 5.92 Å². The summed E-state index contributed by atoms with van der Waals surface area (Å²) in [6.45, 7) is 6.40. The molecule has 1 aromatic heterocycles. The minimum atomic E-state index is -0.734. The van der Waals surface area contributed by atoms with Crippen molar-refractivity contribution in [3.8, 4) is 0 Å². The average molecular weight is 521 g/mol. The van der Waals surface area contributed by atoms with E-state index in [0.717, 1.165) is 40.9 Å². The molecule has 2 aromatic rings. The fourth-order valence-electron chi connectivity index (χ4n) is 4.54. The second kappa shape index (κ2) is 13.2. The van der Waals surface area contributed by atoms with Crippen molar-refractivity contribution < 1.29 is 14.4 Å². The summed E-state index contributed by atoms with van der Waals surface area (Å²) in [5, 5.41) is 9.65. The lowest BCUT2D eigenvalue weighted by atomic mass is 9.83. The van der Waals surface area contributed by atoms with Crippen LogP contribution in [0, 0.1) is 5.92 Å². The minimum Gasteiger partial charge on any atom is -0.353 e. The van der Waals surface area contributed by atoms with Gasteiger partial charge in [-0.25, -0.2) is 4.98 Å². The molecule has 0 saturated heterocycles. The maximum atomic E-state index is 13.4. The maximum Gasteiger partial charge on any atom is 0.243 e. The molecular formula is C26H37ClN4O3S. The average Bonchev–Trinajstić information content (AvgIpc) is 3.27. The van der Waals surface area contributed by atoms with Gasteiger partial charge in [0, 0.05) is 25.4 Å². The lowest BCUT2D eigenvalue weighted by molar-refractivity contribution is -0.129. The zero-order valence-electron chi connectivity index (χ0n) is 20.9. The summed E-state index contributed by atoms with van der Waals surface area (Å²) in [5.41, 5.74) is 2.15. The van der Waals surface area contributed by atoms with E-state index in [4.69, 9.17) is 16.6 Å². The summed E-state index contributed by atoms with van der Waals surface area (Å²) in [7, 11) is 0. The Bertz CT molecular complexity index is 1020. The Balaban J connectivity index is 1.77. The summed E-state index contributed by atoms with van der Waals surface area (Å²) < 4.78 is 1.08. The highest BCUT2D eigenvalue weighted by atomic mass is 35.5. The Morgan fingerprint density at radius 2 is 1.86 bits per heavy atom. The van der Waals surface area contributed by atoms with Crippen LogP contribution in [0.2, 0.25) is 0 Å². The van der Waals surface area contributed by atoms with Crippen LogP contribution in [0.15, 0.2) is 18.2 Å². The quantitative estimate of drug-likeness (QED) is 0.385. The molecule has 0 spiro atoms. The highest BCUT2D eigenvalue weighted by Gasteiger charge is 2.29. The number of alkyl halides is 1. The number of nitrogens with one attached hydrogen (secondary N) is 3. The standard InChI is InChI=1S/C26H37ClN4O3S/c1-4-23(32)29-20(13-25-30-19-11-10-18(16(2)3)12-22(19)35-25)26(34)31-21(15-28-24(33)14-27)17-8-6-5-7-9-17/h10-12,16-17,20-21H,4-9,13-15H2,1-3H3,(H,28,33)(H,29,32)(H,31,34)/t20?,21-/m1/s1. The van der Waals surface area contributed by atoms with Crippen molar-refractivity contribution in [2.45, 2.75) is 83.7 Å². The van der Waals surface area contributed by atoms with Gasteiger partial charge in [-0.15, -0.1) is 22.9 Å². The van der Waals surface area contributed by atoms with Gasteiger partial charge in [0.2, 0.25) is 17.7 Å². The number of nitrogens with zero attached hydrogens (tertiary/aromatic N) is 1. The number of thiazole rings is 1. The van der Waals surface area contributed by atoms with Gasteiger partial charge in [-0.3, -0.25) is 14.4 Å². The first-order valence-corrected chi connectivity index (χ1v) is 14.0. The van der Waals surface area contributed by atoms with E-state index in [1.807, 2.05) is 6.07 Å². The predicted octanol–water partition coefficient (Wildman–Crippen LogP) is 4.28. The molecule has 1 aromatic carbocycles. The first-order valence-electron chi connectivity index (χ1n) is 12.6. The van der Waals surface area contributed by atoms with Gasteiger partial charge in [-0.1, -0.05) is 46.1 Å². The topological polar surface area (TPSA) is 100 Å². The molecule has 1 saturated carbocycles. The number of hydrogen-bond donors (Lipinski definition) is 3. The lowest BCUT2D eigenvalue weighted by Crippen LogP contribution is -2.55. The highest BCUT2D eigenvalue weighted by Crippen LogP contribution is 2.28. The molecule has 7 nitrogen and oxygen atoms in total. The van der Waals surface area contributed by atoms with E-state index in [2.05, 4.69) is 41.9 Å². The number of benzene rings is 1. The van der Waals surface area contributed by atoms with Crippen LogP contribution < -0.4 is 16.0 Å². The van der Waals surface area contributed by atoms with Crippen molar-refractivity contribution in [3.05, 3.63) is 28.8 Å². The molecule has 1 unspecified atom stereocenters. The number of halogens is 1. The molecule has 0 radical (unpaired) electrons. The van der Waals surface area contributed by atoms with Gasteiger partial charge in [-0.05, 0) is 42.4 Å². The van der Waals surface area contributed by atoms with E-state index >= 15 is 0 Å². The minimum absolute atomic E-state index is 0.114. The van der Waals surface area contributed by atoms with E-state index in [1.165, 1.54) is 12.0 Å². The normalized spacial score (nSPS) is 16.1. The number of aromatic nitrogens is 1. The van der Waals surface area contributed by atoms with Gasteiger partial charge >= 0.3 is 0 Å². The number of fused-ring (bicyclic) bond motifs is 1. The summed E-state index contributed by atoms with van der Waals surface area (Å²) in [6.07, 6.45) is 6.03. The first-order chi connectivity index (χ1) is 16.8. The van der Waals surface area contributed by atoms with Crippen molar-refractivity contribution in [1.82, 2.24) is 20.9 Å². The summed E-state index contributed by atoms with van der Waals surface area (Å²) in [4.78, 5) is 42.2. The summed E-state index contributed by atoms with van der Waals surface area (Å²) >= 11 is 7.21. The first kappa shape index (κ1) is 27.4. The molecule has 1 fully saturated rings. The molecular weight excluding hydrogens is 484 g/mol. The van der Waals surface area contributed by atoms with E-state index in [-0.39, 0.29) is 35.6 Å². The van der Waals surface area contributed by atoms with Crippen LogP contribution in [0.4, 0.5) is 0 Å². The number of amides is 3. The van der Waals surface area contributed by atoms with E-state index in [1.54, 1.807) is 18.3 Å². The SMILES string of the molecule is CCC(=O)NC(Cc1nc2ccc(C(C)C)cc2s1)C(=O)N[C@H](CNC(=O)CCl)C1CCCCC1. The summed E-state index contributed by atoms with van der Waals surface area (Å²) in [5.74, 6) is -0.0991. The number of carbonyl (C=O) groups is 3. The fourth-order valence-corrected chi connectivity index (χ4v) is 5.70. The van der Waals surface area contributed by atoms with Crippen LogP contribution in [0.3, 0.4) is 0 Å². The molecule has 3 rings (SSSR count). The zero-order valence-corrected chi connectivity index (χ0v) is 22.4. The number of rotatable bonds is 11. The van der Waals surface area contributed by atoms with Crippen molar-refractivity contribution in [1.29, 1.82) is 0 Å². The van der Waals surface area contributed by atoms with Crippen LogP contribution in [0.1, 0.15) is 75.8 Å². The van der Waals surface area contributed by atoms with Crippen LogP contribution in [-0.2, 0) is 20.8 Å². The van der Waals surface area contributed by atoms with Crippen LogP contribution in [0.25, 0.3) is 10.2 Å². The third-order valence-electron chi connectivity index (χ3n) is 6.66. The number of hydrogen-bond acceptors (Lipinski definition) is 5. The van der Waals surface area contributed by atoms with Gasteiger partial charge in [0.05, 0.1) is 15.2 Å². The smallest absolute Gasteiger partial charge is 0.243 e. The van der Waals surface area contributed by atoms with Crippen LogP contribution >= 0.6 is 22.9 Å².